The van der Waals surface area contributed by atoms with E-state index in [1.807, 2.05) is 11.8 Å². The Bertz CT molecular complexity index is 389. The predicted molar refractivity (Wildman–Crippen MR) is 82.5 cm³/mol. The number of fused-ring (bicyclic) bond motifs is 1. The average Bonchev–Trinajstić information content (AvgIpc) is 2.38. The van der Waals surface area contributed by atoms with Crippen LogP contribution in [0.1, 0.15) is 49.4 Å². The van der Waals surface area contributed by atoms with Crippen molar-refractivity contribution in [3.63, 3.8) is 0 Å². The molecule has 100 valence electrons. The summed E-state index contributed by atoms with van der Waals surface area (Å²) in [4.78, 5) is 0. The lowest BCUT2D eigenvalue weighted by molar-refractivity contribution is 0.510. The molecule has 2 atom stereocenters. The fourth-order valence-corrected chi connectivity index (χ4v) is 3.44. The van der Waals surface area contributed by atoms with Gasteiger partial charge in [-0.1, -0.05) is 18.2 Å². The van der Waals surface area contributed by atoms with E-state index in [-0.39, 0.29) is 0 Å². The Labute approximate surface area is 116 Å². The summed E-state index contributed by atoms with van der Waals surface area (Å²) in [5, 5.41) is 3.68. The van der Waals surface area contributed by atoms with Gasteiger partial charge in [-0.05, 0) is 62.5 Å². The van der Waals surface area contributed by atoms with Gasteiger partial charge in [0, 0.05) is 17.8 Å². The summed E-state index contributed by atoms with van der Waals surface area (Å²) in [6, 6.07) is 8.12. The van der Waals surface area contributed by atoms with E-state index in [4.69, 9.17) is 0 Å². The first kappa shape index (κ1) is 14.0. The Morgan fingerprint density at radius 2 is 1.89 bits per heavy atom. The monoisotopic (exact) mass is 263 g/mol. The van der Waals surface area contributed by atoms with Gasteiger partial charge in [-0.25, -0.2) is 0 Å². The van der Waals surface area contributed by atoms with E-state index in [1.54, 1.807) is 11.1 Å². The molecule has 1 nitrogen and oxygen atoms in total. The quantitative estimate of drug-likeness (QED) is 0.863. The Morgan fingerprint density at radius 1 is 1.17 bits per heavy atom. The van der Waals surface area contributed by atoms with Crippen LogP contribution < -0.4 is 5.32 Å². The molecule has 0 saturated carbocycles. The van der Waals surface area contributed by atoms with E-state index in [2.05, 4.69) is 43.6 Å². The maximum atomic E-state index is 3.68. The molecule has 1 aromatic carbocycles. The molecule has 0 aliphatic heterocycles. The summed E-state index contributed by atoms with van der Waals surface area (Å²) in [6.07, 6.45) is 7.45. The molecular weight excluding hydrogens is 238 g/mol. The van der Waals surface area contributed by atoms with Crippen molar-refractivity contribution in [3.8, 4) is 0 Å². The van der Waals surface area contributed by atoms with Gasteiger partial charge in [-0.2, -0.15) is 11.8 Å². The molecule has 1 N–H and O–H groups in total. The molecule has 2 unspecified atom stereocenters. The first-order valence-electron chi connectivity index (χ1n) is 7.07. The van der Waals surface area contributed by atoms with Crippen molar-refractivity contribution in [2.75, 3.05) is 12.0 Å². The highest BCUT2D eigenvalue weighted by atomic mass is 32.2. The molecule has 1 aliphatic carbocycles. The Kier molecular flexibility index (Phi) is 5.13. The summed E-state index contributed by atoms with van der Waals surface area (Å²) in [7, 11) is 0. The number of nitrogens with one attached hydrogen (secondary N) is 1. The number of benzene rings is 1. The van der Waals surface area contributed by atoms with Crippen molar-refractivity contribution in [2.45, 2.75) is 51.6 Å². The zero-order valence-electron chi connectivity index (χ0n) is 11.8. The van der Waals surface area contributed by atoms with Crippen LogP contribution in [0.4, 0.5) is 0 Å². The van der Waals surface area contributed by atoms with Crippen LogP contribution in [-0.2, 0) is 12.8 Å². The van der Waals surface area contributed by atoms with Crippen molar-refractivity contribution >= 4 is 11.8 Å². The minimum atomic E-state index is 0.458. The zero-order valence-corrected chi connectivity index (χ0v) is 12.6. The van der Waals surface area contributed by atoms with Crippen molar-refractivity contribution in [1.29, 1.82) is 0 Å². The molecule has 0 heterocycles. The van der Waals surface area contributed by atoms with Crippen LogP contribution in [0.5, 0.6) is 0 Å². The summed E-state index contributed by atoms with van der Waals surface area (Å²) in [6.45, 7) is 4.55. The normalized spacial score (nSPS) is 18.2. The minimum Gasteiger partial charge on any atom is -0.307 e. The molecule has 18 heavy (non-hydrogen) atoms. The Balaban J connectivity index is 2.04. The van der Waals surface area contributed by atoms with Crippen LogP contribution >= 0.6 is 11.8 Å². The minimum absolute atomic E-state index is 0.458. The topological polar surface area (TPSA) is 12.0 Å². The van der Waals surface area contributed by atoms with E-state index < -0.39 is 0 Å². The summed E-state index contributed by atoms with van der Waals surface area (Å²) < 4.78 is 0. The lowest BCUT2D eigenvalue weighted by Crippen LogP contribution is -2.30. The van der Waals surface area contributed by atoms with Gasteiger partial charge in [0.15, 0.2) is 0 Å². The third-order valence-corrected chi connectivity index (χ3v) is 4.66. The second kappa shape index (κ2) is 6.63. The molecule has 0 fully saturated rings. The maximum Gasteiger partial charge on any atom is 0.0294 e. The van der Waals surface area contributed by atoms with Gasteiger partial charge >= 0.3 is 0 Å². The van der Waals surface area contributed by atoms with Gasteiger partial charge < -0.3 is 5.32 Å². The molecule has 0 amide bonds. The van der Waals surface area contributed by atoms with Gasteiger partial charge in [0.05, 0.1) is 0 Å². The van der Waals surface area contributed by atoms with Gasteiger partial charge in [0.25, 0.3) is 0 Å². The molecular formula is C16H25NS. The van der Waals surface area contributed by atoms with Crippen LogP contribution in [0, 0.1) is 0 Å². The number of rotatable bonds is 5. The first-order valence-corrected chi connectivity index (χ1v) is 8.46. The molecule has 1 aliphatic rings. The SMILES string of the molecule is CSCC(C)NC(C)c1ccc2c(c1)CCCC2. The number of hydrogen-bond acceptors (Lipinski definition) is 2. The summed E-state index contributed by atoms with van der Waals surface area (Å²) in [5.41, 5.74) is 4.61. The molecule has 2 heteroatoms. The van der Waals surface area contributed by atoms with Crippen LogP contribution in [0.3, 0.4) is 0 Å². The van der Waals surface area contributed by atoms with Crippen LogP contribution in [0.15, 0.2) is 18.2 Å². The summed E-state index contributed by atoms with van der Waals surface area (Å²) >= 11 is 1.91. The van der Waals surface area contributed by atoms with Gasteiger partial charge in [-0.15, -0.1) is 0 Å². The maximum absolute atomic E-state index is 3.68. The van der Waals surface area contributed by atoms with Crippen molar-refractivity contribution in [2.24, 2.45) is 0 Å². The van der Waals surface area contributed by atoms with Crippen LogP contribution in [0.2, 0.25) is 0 Å². The largest absolute Gasteiger partial charge is 0.307 e. The summed E-state index contributed by atoms with van der Waals surface area (Å²) in [5.74, 6) is 1.18. The number of thioether (sulfide) groups is 1. The average molecular weight is 263 g/mol. The van der Waals surface area contributed by atoms with Gasteiger partial charge in [0.2, 0.25) is 0 Å². The molecule has 2 rings (SSSR count). The van der Waals surface area contributed by atoms with Crippen molar-refractivity contribution < 1.29 is 0 Å². The predicted octanol–water partition coefficient (Wildman–Crippen LogP) is 3.97. The molecule has 0 saturated heterocycles. The Hall–Kier alpha value is -0.470. The highest BCUT2D eigenvalue weighted by Gasteiger charge is 2.13. The van der Waals surface area contributed by atoms with E-state index >= 15 is 0 Å². The van der Waals surface area contributed by atoms with E-state index in [0.29, 0.717) is 12.1 Å². The second-order valence-electron chi connectivity index (χ2n) is 5.48. The van der Waals surface area contributed by atoms with Crippen LogP contribution in [0.25, 0.3) is 0 Å². The third kappa shape index (κ3) is 3.52. The lowest BCUT2D eigenvalue weighted by Gasteiger charge is -2.22. The third-order valence-electron chi connectivity index (χ3n) is 3.82. The van der Waals surface area contributed by atoms with Crippen LogP contribution in [-0.4, -0.2) is 18.1 Å². The van der Waals surface area contributed by atoms with Gasteiger partial charge in [0.1, 0.15) is 0 Å². The molecule has 1 aromatic rings. The molecule has 0 bridgehead atoms. The van der Waals surface area contributed by atoms with Gasteiger partial charge in [-0.3, -0.25) is 0 Å². The molecule has 0 spiro atoms. The fourth-order valence-electron chi connectivity index (χ4n) is 2.84. The molecule has 0 radical (unpaired) electrons. The highest BCUT2D eigenvalue weighted by Crippen LogP contribution is 2.25. The van der Waals surface area contributed by atoms with Crippen molar-refractivity contribution in [1.82, 2.24) is 5.32 Å². The van der Waals surface area contributed by atoms with E-state index in [1.165, 1.54) is 37.0 Å². The Morgan fingerprint density at radius 3 is 2.61 bits per heavy atom. The standard InChI is InChI=1S/C16H25NS/c1-12(11-18-3)17-13(2)15-9-8-14-6-4-5-7-16(14)10-15/h8-10,12-13,17H,4-7,11H2,1-3H3. The lowest BCUT2D eigenvalue weighted by atomic mass is 9.89. The highest BCUT2D eigenvalue weighted by molar-refractivity contribution is 7.98. The van der Waals surface area contributed by atoms with E-state index in [0.717, 1.165) is 0 Å². The van der Waals surface area contributed by atoms with Crippen molar-refractivity contribution in [3.05, 3.63) is 34.9 Å². The molecule has 0 aromatic heterocycles. The fraction of sp³-hybridized carbons (Fsp3) is 0.625. The first-order chi connectivity index (χ1) is 8.70. The number of hydrogen-bond donors (Lipinski definition) is 1. The zero-order chi connectivity index (χ0) is 13.0. The second-order valence-corrected chi connectivity index (χ2v) is 6.39. The number of aryl methyl sites for hydroxylation is 2. The van der Waals surface area contributed by atoms with E-state index in [9.17, 15) is 0 Å². The smallest absolute Gasteiger partial charge is 0.0294 e.